The van der Waals surface area contributed by atoms with E-state index in [1.807, 2.05) is 0 Å². The molecule has 0 bridgehead atoms. The second-order valence-electron chi connectivity index (χ2n) is 1.26. The Labute approximate surface area is 51.2 Å². The highest BCUT2D eigenvalue weighted by Gasteiger charge is 1.89. The fraction of sp³-hybridized carbons (Fsp3) is 1.00. The van der Waals surface area contributed by atoms with Gasteiger partial charge >= 0.3 is 0 Å². The van der Waals surface area contributed by atoms with Gasteiger partial charge in [-0.1, -0.05) is 0 Å². The molecule has 0 N–H and O–H groups in total. The van der Waals surface area contributed by atoms with Crippen LogP contribution in [0.3, 0.4) is 0 Å². The van der Waals surface area contributed by atoms with Crippen molar-refractivity contribution in [1.29, 1.82) is 0 Å². The zero-order chi connectivity index (χ0) is 4.99. The van der Waals surface area contributed by atoms with Crippen molar-refractivity contribution in [2.24, 2.45) is 0 Å². The monoisotopic (exact) mass is 142 g/mol. The van der Waals surface area contributed by atoms with Crippen LogP contribution in [0.1, 0.15) is 6.42 Å². The van der Waals surface area contributed by atoms with Crippen LogP contribution in [0.25, 0.3) is 0 Å². The molecule has 0 aliphatic carbocycles. The van der Waals surface area contributed by atoms with Gasteiger partial charge in [0, 0.05) is 21.1 Å². The second-order valence-corrected chi connectivity index (χ2v) is 4.51. The van der Waals surface area contributed by atoms with E-state index in [0.29, 0.717) is 10.9 Å². The van der Waals surface area contributed by atoms with Gasteiger partial charge in [0.05, 0.1) is 0 Å². The van der Waals surface area contributed by atoms with E-state index in [1.165, 1.54) is 0 Å². The van der Waals surface area contributed by atoms with Gasteiger partial charge in [-0.2, -0.15) is 0 Å². The molecule has 0 aliphatic heterocycles. The lowest BCUT2D eigenvalue weighted by molar-refractivity contribution is 1.05. The van der Waals surface area contributed by atoms with Crippen molar-refractivity contribution in [1.82, 2.24) is 0 Å². The predicted octanol–water partition coefficient (Wildman–Crippen LogP) is 0.546. The number of alkyl halides is 2. The third kappa shape index (κ3) is 4.80. The summed E-state index contributed by atoms with van der Waals surface area (Å²) in [6.45, 7) is 0. The van der Waals surface area contributed by atoms with Crippen molar-refractivity contribution in [3.05, 3.63) is 0 Å². The van der Waals surface area contributed by atoms with Gasteiger partial charge in [0.1, 0.15) is 0 Å². The minimum absolute atomic E-state index is 0.377. The summed E-state index contributed by atoms with van der Waals surface area (Å²) in [4.78, 5) is 0. The standard InChI is InChI=1S/C3H8Cl2Si/c4-2-1-3(5)6/h3H,1-2H2,6H3. The first-order chi connectivity index (χ1) is 2.77. The highest BCUT2D eigenvalue weighted by molar-refractivity contribution is 6.40. The average Bonchev–Trinajstić information content (AvgIpc) is 1.35. The number of hydrogen-bond donors (Lipinski definition) is 0. The summed E-state index contributed by atoms with van der Waals surface area (Å²) in [6.07, 6.45) is 0.968. The maximum atomic E-state index is 5.56. The molecular formula is C3H8Cl2Si. The Bertz CT molecular complexity index is 30.0. The molecule has 0 radical (unpaired) electrons. The van der Waals surface area contributed by atoms with Crippen molar-refractivity contribution < 1.29 is 0 Å². The minimum Gasteiger partial charge on any atom is -0.128 e. The first-order valence-electron chi connectivity index (χ1n) is 1.97. The summed E-state index contributed by atoms with van der Waals surface area (Å²) in [5.74, 6) is 0.706. The summed E-state index contributed by atoms with van der Waals surface area (Å²) in [5.41, 5.74) is 0. The molecular weight excluding hydrogens is 135 g/mol. The molecule has 1 atom stereocenters. The summed E-state index contributed by atoms with van der Waals surface area (Å²) >= 11 is 10.9. The zero-order valence-corrected chi connectivity index (χ0v) is 7.26. The molecule has 6 heavy (non-hydrogen) atoms. The Morgan fingerprint density at radius 3 is 2.17 bits per heavy atom. The van der Waals surface area contributed by atoms with Gasteiger partial charge in [-0.3, -0.25) is 0 Å². The molecule has 0 amide bonds. The Morgan fingerprint density at radius 2 is 2.17 bits per heavy atom. The van der Waals surface area contributed by atoms with Crippen molar-refractivity contribution in [2.75, 3.05) is 5.88 Å². The van der Waals surface area contributed by atoms with Crippen molar-refractivity contribution >= 4 is 33.4 Å². The molecule has 0 heterocycles. The van der Waals surface area contributed by atoms with Crippen LogP contribution in [0.15, 0.2) is 0 Å². The zero-order valence-electron chi connectivity index (χ0n) is 3.75. The molecule has 3 heteroatoms. The number of hydrogen-bond acceptors (Lipinski definition) is 0. The predicted molar refractivity (Wildman–Crippen MR) is 34.9 cm³/mol. The molecule has 0 fully saturated rings. The van der Waals surface area contributed by atoms with E-state index < -0.39 is 0 Å². The Morgan fingerprint density at radius 1 is 1.67 bits per heavy atom. The van der Waals surface area contributed by atoms with Crippen LogP contribution in [0.4, 0.5) is 0 Å². The highest BCUT2D eigenvalue weighted by atomic mass is 35.5. The molecule has 0 aromatic carbocycles. The molecule has 0 nitrogen and oxygen atoms in total. The lowest BCUT2D eigenvalue weighted by atomic mass is 10.6. The van der Waals surface area contributed by atoms with E-state index in [9.17, 15) is 0 Å². The fourth-order valence-corrected chi connectivity index (χ4v) is 1.35. The van der Waals surface area contributed by atoms with Crippen LogP contribution in [0, 0.1) is 0 Å². The average molecular weight is 143 g/mol. The van der Waals surface area contributed by atoms with Crippen LogP contribution in [0.5, 0.6) is 0 Å². The molecule has 0 aliphatic rings. The van der Waals surface area contributed by atoms with Crippen molar-refractivity contribution in [3.63, 3.8) is 0 Å². The van der Waals surface area contributed by atoms with Crippen LogP contribution >= 0.6 is 23.2 Å². The summed E-state index contributed by atoms with van der Waals surface area (Å²) in [7, 11) is 1.06. The smallest absolute Gasteiger partial charge is 0.0255 e. The van der Waals surface area contributed by atoms with Crippen molar-refractivity contribution in [2.45, 2.75) is 11.4 Å². The summed E-state index contributed by atoms with van der Waals surface area (Å²) in [5, 5.41) is 0.377. The molecule has 1 unspecified atom stereocenters. The van der Waals surface area contributed by atoms with Crippen LogP contribution in [-0.2, 0) is 0 Å². The maximum absolute atomic E-state index is 5.56. The highest BCUT2D eigenvalue weighted by Crippen LogP contribution is 1.95. The van der Waals surface area contributed by atoms with Crippen LogP contribution < -0.4 is 0 Å². The lowest BCUT2D eigenvalue weighted by Gasteiger charge is -1.91. The molecule has 0 saturated heterocycles. The van der Waals surface area contributed by atoms with Gasteiger partial charge < -0.3 is 0 Å². The Balaban J connectivity index is 2.63. The number of halogens is 2. The van der Waals surface area contributed by atoms with E-state index in [2.05, 4.69) is 0 Å². The quantitative estimate of drug-likeness (QED) is 0.391. The molecule has 0 aromatic heterocycles. The minimum atomic E-state index is 0.377. The van der Waals surface area contributed by atoms with Gasteiger partial charge in [-0.05, 0) is 6.42 Å². The van der Waals surface area contributed by atoms with Gasteiger partial charge in [-0.25, -0.2) is 0 Å². The summed E-state index contributed by atoms with van der Waals surface area (Å²) in [6, 6.07) is 0. The normalized spacial score (nSPS) is 15.0. The third-order valence-corrected chi connectivity index (χ3v) is 1.52. The van der Waals surface area contributed by atoms with E-state index in [4.69, 9.17) is 23.2 Å². The maximum Gasteiger partial charge on any atom is 0.0255 e. The Kier molecular flexibility index (Phi) is 4.50. The SMILES string of the molecule is [SiH3]C(Cl)CCCl. The van der Waals surface area contributed by atoms with Crippen LogP contribution in [-0.4, -0.2) is 21.1 Å². The fourth-order valence-electron chi connectivity index (χ4n) is 0.150. The second kappa shape index (κ2) is 3.97. The van der Waals surface area contributed by atoms with Gasteiger partial charge in [0.15, 0.2) is 0 Å². The Hall–Kier alpha value is 0.797. The van der Waals surface area contributed by atoms with Gasteiger partial charge in [0.25, 0.3) is 0 Å². The first kappa shape index (κ1) is 6.80. The summed E-state index contributed by atoms with van der Waals surface area (Å²) < 4.78 is 0. The van der Waals surface area contributed by atoms with E-state index in [-0.39, 0.29) is 0 Å². The first-order valence-corrected chi connectivity index (χ1v) is 4.10. The van der Waals surface area contributed by atoms with Gasteiger partial charge in [-0.15, -0.1) is 23.2 Å². The van der Waals surface area contributed by atoms with E-state index in [1.54, 1.807) is 0 Å². The molecule has 0 aromatic rings. The molecule has 0 saturated carbocycles. The molecule has 0 spiro atoms. The largest absolute Gasteiger partial charge is 0.128 e. The van der Waals surface area contributed by atoms with Crippen molar-refractivity contribution in [3.8, 4) is 0 Å². The lowest BCUT2D eigenvalue weighted by Crippen LogP contribution is -1.95. The topological polar surface area (TPSA) is 0 Å². The van der Waals surface area contributed by atoms with E-state index >= 15 is 0 Å². The number of rotatable bonds is 2. The van der Waals surface area contributed by atoms with Gasteiger partial charge in [0.2, 0.25) is 0 Å². The van der Waals surface area contributed by atoms with E-state index in [0.717, 1.165) is 16.7 Å². The molecule has 0 rings (SSSR count). The molecule has 38 valence electrons. The van der Waals surface area contributed by atoms with Crippen LogP contribution in [0.2, 0.25) is 0 Å². The third-order valence-electron chi connectivity index (χ3n) is 0.507.